The van der Waals surface area contributed by atoms with Gasteiger partial charge in [0.05, 0.1) is 23.2 Å². The van der Waals surface area contributed by atoms with Gasteiger partial charge < -0.3 is 9.73 Å². The van der Waals surface area contributed by atoms with Crippen LogP contribution in [-0.4, -0.2) is 23.9 Å². The second-order valence-electron chi connectivity index (χ2n) is 6.42. The first kappa shape index (κ1) is 17.1. The van der Waals surface area contributed by atoms with Gasteiger partial charge in [-0.05, 0) is 56.5 Å². The van der Waals surface area contributed by atoms with Crippen LogP contribution in [0.3, 0.4) is 0 Å². The Hall–Kier alpha value is -1.78. The van der Waals surface area contributed by atoms with Crippen molar-refractivity contribution in [2.45, 2.75) is 32.2 Å². The molecule has 1 aromatic carbocycles. The summed E-state index contributed by atoms with van der Waals surface area (Å²) in [6.45, 7) is 3.13. The molecule has 128 valence electrons. The number of carbonyl (C=O) groups excluding carboxylic acids is 1. The van der Waals surface area contributed by atoms with Crippen LogP contribution in [0.2, 0.25) is 5.02 Å². The highest BCUT2D eigenvalue weighted by Crippen LogP contribution is 2.24. The number of piperidine rings is 1. The molecule has 4 nitrogen and oxygen atoms in total. The van der Waals surface area contributed by atoms with Crippen molar-refractivity contribution in [2.75, 3.05) is 18.4 Å². The third-order valence-corrected chi connectivity index (χ3v) is 4.95. The van der Waals surface area contributed by atoms with Gasteiger partial charge in [0.15, 0.2) is 0 Å². The lowest BCUT2D eigenvalue weighted by Gasteiger charge is -2.31. The molecule has 0 aliphatic carbocycles. The third kappa shape index (κ3) is 4.86. The van der Waals surface area contributed by atoms with Crippen LogP contribution in [0.4, 0.5) is 5.69 Å². The van der Waals surface area contributed by atoms with Crippen molar-refractivity contribution in [3.63, 3.8) is 0 Å². The molecular weight excluding hydrogens is 324 g/mol. The number of carbonyl (C=O) groups is 1. The first-order valence-electron chi connectivity index (χ1n) is 8.48. The van der Waals surface area contributed by atoms with Crippen molar-refractivity contribution >= 4 is 23.2 Å². The normalized spacial score (nSPS) is 16.2. The molecule has 1 amide bonds. The number of anilines is 1. The number of hydrogen-bond donors (Lipinski definition) is 1. The molecule has 0 atom stereocenters. The van der Waals surface area contributed by atoms with Crippen LogP contribution in [0.1, 0.15) is 31.2 Å². The predicted octanol–water partition coefficient (Wildman–Crippen LogP) is 4.56. The van der Waals surface area contributed by atoms with Crippen LogP contribution in [-0.2, 0) is 11.3 Å². The Morgan fingerprint density at radius 2 is 2.04 bits per heavy atom. The Kier molecular flexibility index (Phi) is 5.94. The summed E-state index contributed by atoms with van der Waals surface area (Å²) in [6.07, 6.45) is 7.33. The number of amides is 1. The van der Waals surface area contributed by atoms with Crippen LogP contribution >= 0.6 is 11.6 Å². The molecule has 2 aromatic rings. The number of hydrogen-bond acceptors (Lipinski definition) is 3. The van der Waals surface area contributed by atoms with Gasteiger partial charge in [-0.25, -0.2) is 0 Å². The molecule has 1 aromatic heterocycles. The predicted molar refractivity (Wildman–Crippen MR) is 96.0 cm³/mol. The van der Waals surface area contributed by atoms with Crippen molar-refractivity contribution in [1.82, 2.24) is 4.90 Å². The lowest BCUT2D eigenvalue weighted by atomic mass is 9.92. The Balaban J connectivity index is 1.37. The zero-order chi connectivity index (χ0) is 16.8. The largest absolute Gasteiger partial charge is 0.472 e. The van der Waals surface area contributed by atoms with Crippen molar-refractivity contribution in [1.29, 1.82) is 0 Å². The average molecular weight is 347 g/mol. The number of benzene rings is 1. The number of likely N-dealkylation sites (tertiary alicyclic amines) is 1. The van der Waals surface area contributed by atoms with E-state index in [9.17, 15) is 4.79 Å². The molecule has 2 heterocycles. The monoisotopic (exact) mass is 346 g/mol. The molecule has 1 aliphatic heterocycles. The van der Waals surface area contributed by atoms with Crippen molar-refractivity contribution in [3.8, 4) is 0 Å². The summed E-state index contributed by atoms with van der Waals surface area (Å²) >= 11 is 6.06. The van der Waals surface area contributed by atoms with Gasteiger partial charge in [0, 0.05) is 18.5 Å². The quantitative estimate of drug-likeness (QED) is 0.833. The zero-order valence-corrected chi connectivity index (χ0v) is 14.5. The van der Waals surface area contributed by atoms with E-state index in [1.807, 2.05) is 30.5 Å². The summed E-state index contributed by atoms with van der Waals surface area (Å²) < 4.78 is 5.12. The van der Waals surface area contributed by atoms with E-state index in [0.717, 1.165) is 38.9 Å². The van der Waals surface area contributed by atoms with E-state index in [1.54, 1.807) is 12.3 Å². The molecule has 1 fully saturated rings. The third-order valence-electron chi connectivity index (χ3n) is 4.62. The lowest BCUT2D eigenvalue weighted by Crippen LogP contribution is -2.33. The Morgan fingerprint density at radius 1 is 1.25 bits per heavy atom. The van der Waals surface area contributed by atoms with Crippen molar-refractivity contribution in [2.24, 2.45) is 5.92 Å². The van der Waals surface area contributed by atoms with Gasteiger partial charge >= 0.3 is 0 Å². The second kappa shape index (κ2) is 8.36. The standard InChI is InChI=1S/C19H23ClN2O2/c20-17-3-1-2-4-18(17)21-19(23)6-5-15-7-10-22(11-8-15)13-16-9-12-24-14-16/h1-4,9,12,14-15H,5-8,10-11,13H2,(H,21,23). The Morgan fingerprint density at radius 3 is 2.75 bits per heavy atom. The molecule has 1 saturated heterocycles. The minimum absolute atomic E-state index is 0.0453. The molecule has 0 unspecified atom stereocenters. The number of halogens is 1. The van der Waals surface area contributed by atoms with E-state index in [2.05, 4.69) is 10.2 Å². The fourth-order valence-corrected chi connectivity index (χ4v) is 3.37. The van der Waals surface area contributed by atoms with Crippen molar-refractivity contribution in [3.05, 3.63) is 53.4 Å². The highest BCUT2D eigenvalue weighted by atomic mass is 35.5. The zero-order valence-electron chi connectivity index (χ0n) is 13.7. The topological polar surface area (TPSA) is 45.5 Å². The van der Waals surface area contributed by atoms with Gasteiger partial charge in [0.1, 0.15) is 0 Å². The lowest BCUT2D eigenvalue weighted by molar-refractivity contribution is -0.116. The smallest absolute Gasteiger partial charge is 0.224 e. The molecule has 0 radical (unpaired) electrons. The first-order chi connectivity index (χ1) is 11.7. The molecule has 5 heteroatoms. The number of nitrogens with one attached hydrogen (secondary N) is 1. The van der Waals surface area contributed by atoms with Gasteiger partial charge in [0.2, 0.25) is 5.91 Å². The van der Waals surface area contributed by atoms with Crippen LogP contribution in [0.15, 0.2) is 47.3 Å². The van der Waals surface area contributed by atoms with Gasteiger partial charge in [-0.3, -0.25) is 9.69 Å². The van der Waals surface area contributed by atoms with Gasteiger partial charge in [-0.15, -0.1) is 0 Å². The maximum Gasteiger partial charge on any atom is 0.224 e. The number of rotatable bonds is 6. The van der Waals surface area contributed by atoms with Gasteiger partial charge in [0.25, 0.3) is 0 Å². The molecule has 24 heavy (non-hydrogen) atoms. The van der Waals surface area contributed by atoms with Gasteiger partial charge in [-0.2, -0.15) is 0 Å². The summed E-state index contributed by atoms with van der Waals surface area (Å²) in [6, 6.07) is 9.36. The minimum Gasteiger partial charge on any atom is -0.472 e. The van der Waals surface area contributed by atoms with E-state index in [1.165, 1.54) is 5.56 Å². The maximum atomic E-state index is 12.1. The molecule has 1 aliphatic rings. The summed E-state index contributed by atoms with van der Waals surface area (Å²) in [4.78, 5) is 14.5. The van der Waals surface area contributed by atoms with Crippen LogP contribution in [0, 0.1) is 5.92 Å². The first-order valence-corrected chi connectivity index (χ1v) is 8.86. The van der Waals surface area contributed by atoms with E-state index in [0.29, 0.717) is 23.0 Å². The second-order valence-corrected chi connectivity index (χ2v) is 6.83. The fourth-order valence-electron chi connectivity index (χ4n) is 3.18. The van der Waals surface area contributed by atoms with Crippen LogP contribution in [0.5, 0.6) is 0 Å². The fraction of sp³-hybridized carbons (Fsp3) is 0.421. The van der Waals surface area contributed by atoms with E-state index in [4.69, 9.17) is 16.0 Å². The highest BCUT2D eigenvalue weighted by Gasteiger charge is 2.20. The van der Waals surface area contributed by atoms with E-state index >= 15 is 0 Å². The molecule has 0 saturated carbocycles. The Labute approximate surface area is 147 Å². The average Bonchev–Trinajstić information content (AvgIpc) is 3.09. The summed E-state index contributed by atoms with van der Waals surface area (Å²) in [5.74, 6) is 0.673. The molecular formula is C19H23ClN2O2. The van der Waals surface area contributed by atoms with Gasteiger partial charge in [-0.1, -0.05) is 23.7 Å². The number of para-hydroxylation sites is 1. The molecule has 3 rings (SSSR count). The Bertz CT molecular complexity index is 649. The molecule has 0 spiro atoms. The van der Waals surface area contributed by atoms with Crippen LogP contribution in [0.25, 0.3) is 0 Å². The SMILES string of the molecule is O=C(CCC1CCN(Cc2ccoc2)CC1)Nc1ccccc1Cl. The highest BCUT2D eigenvalue weighted by molar-refractivity contribution is 6.33. The summed E-state index contributed by atoms with van der Waals surface area (Å²) in [7, 11) is 0. The number of furan rings is 1. The van der Waals surface area contributed by atoms with Crippen molar-refractivity contribution < 1.29 is 9.21 Å². The summed E-state index contributed by atoms with van der Waals surface area (Å²) in [5, 5.41) is 3.48. The van der Waals surface area contributed by atoms with E-state index in [-0.39, 0.29) is 5.91 Å². The van der Waals surface area contributed by atoms with E-state index < -0.39 is 0 Å². The maximum absolute atomic E-state index is 12.1. The van der Waals surface area contributed by atoms with Crippen LogP contribution < -0.4 is 5.32 Å². The molecule has 1 N–H and O–H groups in total. The minimum atomic E-state index is 0.0453. The number of nitrogens with zero attached hydrogens (tertiary/aromatic N) is 1. The summed E-state index contributed by atoms with van der Waals surface area (Å²) in [5.41, 5.74) is 1.92. The molecule has 0 bridgehead atoms.